The summed E-state index contributed by atoms with van der Waals surface area (Å²) in [4.78, 5) is 17.0. The largest absolute Gasteiger partial charge is 0.481 e. The van der Waals surface area contributed by atoms with Gasteiger partial charge in [0.15, 0.2) is 0 Å². The molecular weight excluding hydrogens is 474 g/mol. The van der Waals surface area contributed by atoms with E-state index in [1.165, 1.54) is 37.6 Å². The Hall–Kier alpha value is -3.74. The number of carbonyl (C=O) groups is 1. The first-order valence-electron chi connectivity index (χ1n) is 12.6. The van der Waals surface area contributed by atoms with Crippen LogP contribution in [-0.4, -0.2) is 27.7 Å². The van der Waals surface area contributed by atoms with E-state index in [0.29, 0.717) is 40.3 Å². The van der Waals surface area contributed by atoms with Gasteiger partial charge in [0.1, 0.15) is 17.3 Å². The van der Waals surface area contributed by atoms with Gasteiger partial charge >= 0.3 is 5.97 Å². The highest BCUT2D eigenvalue weighted by Crippen LogP contribution is 2.52. The summed E-state index contributed by atoms with van der Waals surface area (Å²) in [6.45, 7) is 4.40. The number of carboxylic acids is 1. The molecule has 0 saturated heterocycles. The SMILES string of the molecule is COc1ncccc1-c1c(C(=O)O)n(Cc2ccc(F)cc2F)c2ccc([C@H]3C[C@H]3CCC(C)C)cc12. The monoisotopic (exact) mass is 504 g/mol. The van der Waals surface area contributed by atoms with Gasteiger partial charge in [0.2, 0.25) is 5.88 Å². The first-order valence-corrected chi connectivity index (χ1v) is 12.6. The number of methoxy groups -OCH3 is 1. The molecule has 1 fully saturated rings. The maximum absolute atomic E-state index is 14.6. The smallest absolute Gasteiger partial charge is 0.353 e. The van der Waals surface area contributed by atoms with Crippen LogP contribution < -0.4 is 4.74 Å². The number of carboxylic acid groups (broad SMARTS) is 1. The summed E-state index contributed by atoms with van der Waals surface area (Å²) in [5, 5.41) is 11.1. The minimum absolute atomic E-state index is 0.00864. The zero-order valence-corrected chi connectivity index (χ0v) is 21.2. The third-order valence-corrected chi connectivity index (χ3v) is 7.33. The Bertz CT molecular complexity index is 1480. The minimum atomic E-state index is -1.15. The molecular formula is C30H30F2N2O3. The molecule has 0 unspecified atom stereocenters. The number of rotatable bonds is 9. The van der Waals surface area contributed by atoms with Crippen molar-refractivity contribution in [2.75, 3.05) is 7.11 Å². The lowest BCUT2D eigenvalue weighted by molar-refractivity contribution is 0.0687. The van der Waals surface area contributed by atoms with Gasteiger partial charge < -0.3 is 14.4 Å². The van der Waals surface area contributed by atoms with E-state index in [1.807, 2.05) is 6.07 Å². The highest BCUT2D eigenvalue weighted by atomic mass is 19.1. The number of ether oxygens (including phenoxy) is 1. The standard InChI is InChI=1S/C30H30F2N2O3/c1-17(2)6-7-18-13-23(18)19-9-11-26-24(14-19)27(22-5-4-12-33-29(22)37-3)28(30(35)36)34(26)16-20-8-10-21(31)15-25(20)32/h4-5,8-12,14-15,17-18,23H,6-7,13,16H2,1-3H3,(H,35,36)/t18-,23+/m1/s1. The van der Waals surface area contributed by atoms with Crippen LogP contribution >= 0.6 is 0 Å². The third kappa shape index (κ3) is 4.82. The van der Waals surface area contributed by atoms with Crippen molar-refractivity contribution in [1.29, 1.82) is 0 Å². The highest BCUT2D eigenvalue weighted by Gasteiger charge is 2.38. The third-order valence-electron chi connectivity index (χ3n) is 7.33. The number of benzene rings is 2. The summed E-state index contributed by atoms with van der Waals surface area (Å²) < 4.78 is 35.3. The first-order chi connectivity index (χ1) is 17.8. The van der Waals surface area contributed by atoms with Crippen LogP contribution in [0.2, 0.25) is 0 Å². The summed E-state index contributed by atoms with van der Waals surface area (Å²) >= 11 is 0. The van der Waals surface area contributed by atoms with E-state index in [2.05, 4.69) is 31.0 Å². The maximum atomic E-state index is 14.6. The Kier molecular flexibility index (Phi) is 6.71. The predicted molar refractivity (Wildman–Crippen MR) is 139 cm³/mol. The van der Waals surface area contributed by atoms with Crippen molar-refractivity contribution in [2.24, 2.45) is 11.8 Å². The summed E-state index contributed by atoms with van der Waals surface area (Å²) in [5.74, 6) is -0.512. The fourth-order valence-corrected chi connectivity index (χ4v) is 5.35. The van der Waals surface area contributed by atoms with Gasteiger partial charge in [-0.3, -0.25) is 0 Å². The van der Waals surface area contributed by atoms with Crippen LogP contribution in [0.25, 0.3) is 22.0 Å². The molecule has 2 aromatic carbocycles. The number of fused-ring (bicyclic) bond motifs is 1. The van der Waals surface area contributed by atoms with Gasteiger partial charge in [0.05, 0.1) is 13.7 Å². The molecule has 1 aliphatic carbocycles. The first kappa shape index (κ1) is 24.9. The van der Waals surface area contributed by atoms with Gasteiger partial charge in [-0.05, 0) is 66.5 Å². The lowest BCUT2D eigenvalue weighted by Crippen LogP contribution is -2.11. The fourth-order valence-electron chi connectivity index (χ4n) is 5.35. The Balaban J connectivity index is 1.69. The summed E-state index contributed by atoms with van der Waals surface area (Å²) in [6, 6.07) is 12.9. The second-order valence-corrected chi connectivity index (χ2v) is 10.3. The second-order valence-electron chi connectivity index (χ2n) is 10.3. The average molecular weight is 505 g/mol. The molecule has 5 rings (SSSR count). The number of hydrogen-bond donors (Lipinski definition) is 1. The van der Waals surface area contributed by atoms with E-state index in [-0.39, 0.29) is 17.8 Å². The molecule has 1 aliphatic rings. The molecule has 192 valence electrons. The molecule has 1 N–H and O–H groups in total. The minimum Gasteiger partial charge on any atom is -0.481 e. The van der Waals surface area contributed by atoms with Gasteiger partial charge in [-0.2, -0.15) is 0 Å². The van der Waals surface area contributed by atoms with Gasteiger partial charge in [-0.15, -0.1) is 0 Å². The van der Waals surface area contributed by atoms with E-state index in [9.17, 15) is 18.7 Å². The molecule has 2 heterocycles. The van der Waals surface area contributed by atoms with Crippen molar-refractivity contribution in [3.63, 3.8) is 0 Å². The molecule has 5 nitrogen and oxygen atoms in total. The molecule has 0 radical (unpaired) electrons. The lowest BCUT2D eigenvalue weighted by Gasteiger charge is -2.11. The van der Waals surface area contributed by atoms with Crippen LogP contribution in [0.3, 0.4) is 0 Å². The fraction of sp³-hybridized carbons (Fsp3) is 0.333. The zero-order chi connectivity index (χ0) is 26.3. The number of aromatic carboxylic acids is 1. The van der Waals surface area contributed by atoms with Gasteiger partial charge in [0.25, 0.3) is 0 Å². The molecule has 1 saturated carbocycles. The average Bonchev–Trinajstić information content (AvgIpc) is 3.58. The number of nitrogens with zero attached hydrogens (tertiary/aromatic N) is 2. The Labute approximate surface area is 214 Å². The number of hydrogen-bond acceptors (Lipinski definition) is 3. The van der Waals surface area contributed by atoms with Crippen molar-refractivity contribution >= 4 is 16.9 Å². The van der Waals surface area contributed by atoms with Crippen molar-refractivity contribution in [2.45, 2.75) is 45.6 Å². The van der Waals surface area contributed by atoms with Crippen LogP contribution in [0.4, 0.5) is 8.78 Å². The summed E-state index contributed by atoms with van der Waals surface area (Å²) in [5.41, 5.74) is 3.07. The van der Waals surface area contributed by atoms with Crippen molar-refractivity contribution in [3.8, 4) is 17.0 Å². The molecule has 37 heavy (non-hydrogen) atoms. The van der Waals surface area contributed by atoms with Crippen LogP contribution in [-0.2, 0) is 6.54 Å². The molecule has 0 amide bonds. The van der Waals surface area contributed by atoms with E-state index in [4.69, 9.17) is 4.74 Å². The zero-order valence-electron chi connectivity index (χ0n) is 21.2. The lowest BCUT2D eigenvalue weighted by atomic mass is 9.98. The Morgan fingerprint density at radius 1 is 1.19 bits per heavy atom. The molecule has 4 aromatic rings. The molecule has 2 atom stereocenters. The molecule has 0 spiro atoms. The second kappa shape index (κ2) is 9.96. The highest BCUT2D eigenvalue weighted by molar-refractivity contribution is 6.09. The van der Waals surface area contributed by atoms with Crippen LogP contribution in [0.5, 0.6) is 5.88 Å². The van der Waals surface area contributed by atoms with Gasteiger partial charge in [-0.25, -0.2) is 18.6 Å². The van der Waals surface area contributed by atoms with Crippen LogP contribution in [0.15, 0.2) is 54.7 Å². The molecule has 2 aromatic heterocycles. The van der Waals surface area contributed by atoms with Crippen molar-refractivity contribution in [3.05, 3.63) is 83.2 Å². The number of pyridine rings is 1. The van der Waals surface area contributed by atoms with E-state index < -0.39 is 17.6 Å². The Morgan fingerprint density at radius 3 is 2.70 bits per heavy atom. The predicted octanol–water partition coefficient (Wildman–Crippen LogP) is 7.28. The summed E-state index contributed by atoms with van der Waals surface area (Å²) in [7, 11) is 1.49. The quantitative estimate of drug-likeness (QED) is 0.260. The number of halogens is 2. The van der Waals surface area contributed by atoms with Gasteiger partial charge in [-0.1, -0.05) is 32.4 Å². The van der Waals surface area contributed by atoms with Gasteiger partial charge in [0, 0.05) is 39.9 Å². The van der Waals surface area contributed by atoms with Crippen molar-refractivity contribution in [1.82, 2.24) is 9.55 Å². The molecule has 0 bridgehead atoms. The Morgan fingerprint density at radius 2 is 2.00 bits per heavy atom. The van der Waals surface area contributed by atoms with E-state index >= 15 is 0 Å². The van der Waals surface area contributed by atoms with Crippen LogP contribution in [0.1, 0.15) is 60.6 Å². The van der Waals surface area contributed by atoms with E-state index in [0.717, 1.165) is 17.9 Å². The molecule has 0 aliphatic heterocycles. The maximum Gasteiger partial charge on any atom is 0.353 e. The van der Waals surface area contributed by atoms with Crippen molar-refractivity contribution < 1.29 is 23.4 Å². The normalized spacial score (nSPS) is 16.9. The number of aromatic nitrogens is 2. The topological polar surface area (TPSA) is 64.3 Å². The van der Waals surface area contributed by atoms with E-state index in [1.54, 1.807) is 22.9 Å². The van der Waals surface area contributed by atoms with Crippen LogP contribution in [0, 0.1) is 23.5 Å². The summed E-state index contributed by atoms with van der Waals surface area (Å²) in [6.07, 6.45) is 5.07. The molecule has 7 heteroatoms.